The predicted molar refractivity (Wildman–Crippen MR) is 92.1 cm³/mol. The Morgan fingerprint density at radius 1 is 1.30 bits per heavy atom. The first kappa shape index (κ1) is 16.5. The van der Waals surface area contributed by atoms with Crippen LogP contribution in [0.25, 0.3) is 0 Å². The van der Waals surface area contributed by atoms with E-state index in [0.717, 1.165) is 34.3 Å². The molecule has 1 fully saturated rings. The molecule has 1 aromatic heterocycles. The Bertz CT molecular complexity index is 650. The van der Waals surface area contributed by atoms with Crippen molar-refractivity contribution < 1.29 is 14.3 Å². The maximum Gasteiger partial charge on any atom is 0.338 e. The third-order valence-corrected chi connectivity index (χ3v) is 5.88. The van der Waals surface area contributed by atoms with Crippen LogP contribution in [-0.4, -0.2) is 18.1 Å². The highest BCUT2D eigenvalue weighted by molar-refractivity contribution is 9.11. The number of rotatable bonds is 3. The van der Waals surface area contributed by atoms with E-state index < -0.39 is 6.04 Å². The first-order valence-corrected chi connectivity index (χ1v) is 9.40. The van der Waals surface area contributed by atoms with Crippen LogP contribution in [0, 0.1) is 0 Å². The Morgan fingerprint density at radius 2 is 2.04 bits per heavy atom. The van der Waals surface area contributed by atoms with E-state index in [4.69, 9.17) is 4.74 Å². The minimum absolute atomic E-state index is 0.00935. The quantitative estimate of drug-likeness (QED) is 0.755. The minimum Gasteiger partial charge on any atom is -0.459 e. The Hall–Kier alpha value is -1.34. The van der Waals surface area contributed by atoms with Crippen LogP contribution in [0.15, 0.2) is 27.2 Å². The Morgan fingerprint density at radius 3 is 2.70 bits per heavy atom. The highest BCUT2D eigenvalue weighted by Crippen LogP contribution is 2.34. The summed E-state index contributed by atoms with van der Waals surface area (Å²) < 4.78 is 6.66. The number of halogens is 1. The van der Waals surface area contributed by atoms with Crippen molar-refractivity contribution in [1.82, 2.24) is 10.6 Å². The molecule has 0 saturated heterocycles. The maximum absolute atomic E-state index is 12.7. The van der Waals surface area contributed by atoms with Crippen molar-refractivity contribution in [1.29, 1.82) is 0 Å². The van der Waals surface area contributed by atoms with Gasteiger partial charge in [-0.1, -0.05) is 6.42 Å². The van der Waals surface area contributed by atoms with Gasteiger partial charge in [0.2, 0.25) is 0 Å². The van der Waals surface area contributed by atoms with Gasteiger partial charge in [0.05, 0.1) is 15.4 Å². The summed E-state index contributed by atoms with van der Waals surface area (Å²) in [5, 5.41) is 5.50. The van der Waals surface area contributed by atoms with Gasteiger partial charge in [-0.25, -0.2) is 9.59 Å². The number of carbonyl (C=O) groups is 2. The number of thiophene rings is 1. The lowest BCUT2D eigenvalue weighted by Gasteiger charge is -2.29. The molecule has 3 rings (SSSR count). The number of allylic oxidation sites excluding steroid dienone is 1. The van der Waals surface area contributed by atoms with Gasteiger partial charge < -0.3 is 15.4 Å². The van der Waals surface area contributed by atoms with Crippen LogP contribution in [0.3, 0.4) is 0 Å². The number of nitrogens with one attached hydrogen (secondary N) is 2. The number of carbonyl (C=O) groups excluding carboxylic acids is 2. The van der Waals surface area contributed by atoms with Crippen LogP contribution in [0.1, 0.15) is 49.9 Å². The van der Waals surface area contributed by atoms with Crippen LogP contribution in [-0.2, 0) is 9.53 Å². The topological polar surface area (TPSA) is 67.4 Å². The second-order valence-corrected chi connectivity index (χ2v) is 8.37. The zero-order valence-corrected chi connectivity index (χ0v) is 15.3. The van der Waals surface area contributed by atoms with Crippen molar-refractivity contribution in [3.05, 3.63) is 32.1 Å². The van der Waals surface area contributed by atoms with Crippen molar-refractivity contribution in [2.45, 2.75) is 51.2 Å². The molecule has 2 amide bonds. The lowest BCUT2D eigenvalue weighted by molar-refractivity contribution is -0.146. The van der Waals surface area contributed by atoms with Crippen molar-refractivity contribution in [2.75, 3.05) is 0 Å². The summed E-state index contributed by atoms with van der Waals surface area (Å²) in [5.74, 6) is -0.337. The summed E-state index contributed by atoms with van der Waals surface area (Å²) in [6.45, 7) is 1.74. The van der Waals surface area contributed by atoms with E-state index in [-0.39, 0.29) is 18.1 Å². The molecular formula is C16H19BrN2O3S. The summed E-state index contributed by atoms with van der Waals surface area (Å²) in [5.41, 5.74) is 1.05. The van der Waals surface area contributed by atoms with Crippen molar-refractivity contribution in [3.8, 4) is 0 Å². The lowest BCUT2D eigenvalue weighted by Crippen LogP contribution is -2.45. The monoisotopic (exact) mass is 398 g/mol. The van der Waals surface area contributed by atoms with Gasteiger partial charge in [0.25, 0.3) is 0 Å². The van der Waals surface area contributed by atoms with Crippen molar-refractivity contribution in [3.63, 3.8) is 0 Å². The molecule has 2 aliphatic rings. The molecule has 1 saturated carbocycles. The molecular weight excluding hydrogens is 380 g/mol. The van der Waals surface area contributed by atoms with Crippen molar-refractivity contribution in [2.24, 2.45) is 0 Å². The fraction of sp³-hybridized carbons (Fsp3) is 0.500. The average Bonchev–Trinajstić information content (AvgIpc) is 2.93. The van der Waals surface area contributed by atoms with Crippen LogP contribution >= 0.6 is 27.3 Å². The van der Waals surface area contributed by atoms with E-state index in [9.17, 15) is 9.59 Å². The van der Waals surface area contributed by atoms with E-state index in [0.29, 0.717) is 11.3 Å². The summed E-state index contributed by atoms with van der Waals surface area (Å²) in [6, 6.07) is 3.06. The molecule has 1 aliphatic heterocycles. The second kappa shape index (κ2) is 7.05. The molecule has 0 spiro atoms. The fourth-order valence-corrected chi connectivity index (χ4v) is 4.54. The van der Waals surface area contributed by atoms with Crippen LogP contribution in [0.5, 0.6) is 0 Å². The Kier molecular flexibility index (Phi) is 5.06. The number of urea groups is 1. The van der Waals surface area contributed by atoms with Gasteiger partial charge in [-0.2, -0.15) is 0 Å². The summed E-state index contributed by atoms with van der Waals surface area (Å²) in [6.07, 6.45) is 5.25. The Labute approximate surface area is 147 Å². The van der Waals surface area contributed by atoms with Gasteiger partial charge in [0, 0.05) is 10.6 Å². The van der Waals surface area contributed by atoms with Crippen LogP contribution < -0.4 is 10.6 Å². The molecule has 1 aromatic rings. The number of amides is 2. The predicted octanol–water partition coefficient (Wildman–Crippen LogP) is 4.01. The molecule has 0 unspecified atom stereocenters. The zero-order chi connectivity index (χ0) is 16.4. The largest absolute Gasteiger partial charge is 0.459 e. The second-order valence-electron chi connectivity index (χ2n) is 5.88. The first-order chi connectivity index (χ1) is 11.0. The Balaban J connectivity index is 1.84. The summed E-state index contributed by atoms with van der Waals surface area (Å²) in [4.78, 5) is 25.4. The smallest absolute Gasteiger partial charge is 0.338 e. The van der Waals surface area contributed by atoms with Crippen molar-refractivity contribution >= 4 is 39.3 Å². The van der Waals surface area contributed by atoms with Gasteiger partial charge >= 0.3 is 12.0 Å². The van der Waals surface area contributed by atoms with E-state index in [2.05, 4.69) is 26.6 Å². The average molecular weight is 399 g/mol. The van der Waals surface area contributed by atoms with Crippen LogP contribution in [0.2, 0.25) is 0 Å². The first-order valence-electron chi connectivity index (χ1n) is 7.79. The molecule has 124 valence electrons. The molecule has 0 radical (unpaired) electrons. The molecule has 5 nitrogen and oxygen atoms in total. The highest BCUT2D eigenvalue weighted by atomic mass is 79.9. The lowest BCUT2D eigenvalue weighted by atomic mass is 9.97. The normalized spacial score (nSPS) is 22.5. The van der Waals surface area contributed by atoms with Gasteiger partial charge in [-0.05, 0) is 60.7 Å². The van der Waals surface area contributed by atoms with E-state index >= 15 is 0 Å². The van der Waals surface area contributed by atoms with E-state index in [1.165, 1.54) is 17.8 Å². The van der Waals surface area contributed by atoms with E-state index in [1.54, 1.807) is 6.92 Å². The third-order valence-electron chi connectivity index (χ3n) is 4.19. The summed E-state index contributed by atoms with van der Waals surface area (Å²) in [7, 11) is 0. The van der Waals surface area contributed by atoms with Crippen LogP contribution in [0.4, 0.5) is 4.79 Å². The zero-order valence-electron chi connectivity index (χ0n) is 12.9. The van der Waals surface area contributed by atoms with Gasteiger partial charge in [-0.15, -0.1) is 11.3 Å². The molecule has 0 bridgehead atoms. The van der Waals surface area contributed by atoms with E-state index in [1.807, 2.05) is 12.1 Å². The fourth-order valence-electron chi connectivity index (χ4n) is 3.06. The number of hydrogen-bond acceptors (Lipinski definition) is 4. The molecule has 0 aromatic carbocycles. The maximum atomic E-state index is 12.7. The molecule has 2 heterocycles. The molecule has 1 aliphatic carbocycles. The molecule has 2 N–H and O–H groups in total. The standard InChI is InChI=1S/C16H19BrN2O3S/c1-9-13(15(20)22-10-5-3-2-4-6-10)14(19-16(21)18-9)11-7-8-12(17)23-11/h7-8,10,14H,2-6H2,1H3,(H2,18,19,21)/t14-/m0/s1. The number of esters is 1. The van der Waals surface area contributed by atoms with Gasteiger partial charge in [0.15, 0.2) is 0 Å². The van der Waals surface area contributed by atoms with Gasteiger partial charge in [0.1, 0.15) is 6.10 Å². The minimum atomic E-state index is -0.462. The molecule has 7 heteroatoms. The SMILES string of the molecule is CC1=C(C(=O)OC2CCCCC2)[C@H](c2ccc(Br)s2)NC(=O)N1. The number of ether oxygens (including phenoxy) is 1. The molecule has 23 heavy (non-hydrogen) atoms. The number of hydrogen-bond donors (Lipinski definition) is 2. The summed E-state index contributed by atoms with van der Waals surface area (Å²) >= 11 is 4.92. The highest BCUT2D eigenvalue weighted by Gasteiger charge is 2.34. The third kappa shape index (κ3) is 3.77. The molecule has 1 atom stereocenters. The van der Waals surface area contributed by atoms with Gasteiger partial charge in [-0.3, -0.25) is 0 Å².